The molecule has 0 aliphatic carbocycles. The summed E-state index contributed by atoms with van der Waals surface area (Å²) in [4.78, 5) is 23.0. The zero-order valence-electron chi connectivity index (χ0n) is 15.2. The van der Waals surface area contributed by atoms with Crippen LogP contribution in [0, 0.1) is 5.41 Å². The molecule has 1 spiro atoms. The first-order valence-electron chi connectivity index (χ1n) is 8.92. The molecule has 7 nitrogen and oxygen atoms in total. The van der Waals surface area contributed by atoms with Crippen LogP contribution in [0.25, 0.3) is 5.65 Å². The first kappa shape index (κ1) is 20.2. The molecule has 0 aromatic carbocycles. The number of hydrogen-bond acceptors (Lipinski definition) is 3. The van der Waals surface area contributed by atoms with Gasteiger partial charge in [-0.05, 0) is 25.0 Å². The van der Waals surface area contributed by atoms with Crippen molar-refractivity contribution in [2.75, 3.05) is 26.7 Å². The van der Waals surface area contributed by atoms with Gasteiger partial charge in [-0.15, -0.1) is 24.0 Å². The lowest BCUT2D eigenvalue weighted by molar-refractivity contribution is -0.119. The number of nitrogens with one attached hydrogen (secondary N) is 2. The minimum absolute atomic E-state index is 0. The first-order valence-corrected chi connectivity index (χ1v) is 9.30. The third kappa shape index (κ3) is 4.31. The summed E-state index contributed by atoms with van der Waals surface area (Å²) in [7, 11) is 1.80. The summed E-state index contributed by atoms with van der Waals surface area (Å²) in [5.74, 6) is 1.02. The number of aromatic nitrogens is 2. The van der Waals surface area contributed by atoms with E-state index < -0.39 is 0 Å². The van der Waals surface area contributed by atoms with Gasteiger partial charge in [-0.2, -0.15) is 0 Å². The molecule has 4 rings (SSSR count). The molecule has 27 heavy (non-hydrogen) atoms. The summed E-state index contributed by atoms with van der Waals surface area (Å²) in [6.07, 6.45) is 6.60. The Bertz CT molecular complexity index is 869. The van der Waals surface area contributed by atoms with Crippen LogP contribution < -0.4 is 10.6 Å². The Balaban J connectivity index is 0.00000210. The highest BCUT2D eigenvalue weighted by atomic mass is 127. The molecule has 2 aromatic rings. The van der Waals surface area contributed by atoms with Crippen molar-refractivity contribution in [3.05, 3.63) is 35.2 Å². The van der Waals surface area contributed by atoms with Crippen LogP contribution >= 0.6 is 35.6 Å². The highest BCUT2D eigenvalue weighted by Gasteiger charge is 2.42. The van der Waals surface area contributed by atoms with Crippen molar-refractivity contribution in [1.82, 2.24) is 24.9 Å². The second-order valence-electron chi connectivity index (χ2n) is 7.22. The number of fused-ring (bicyclic) bond motifs is 1. The van der Waals surface area contributed by atoms with Crippen molar-refractivity contribution in [2.45, 2.75) is 25.8 Å². The number of aliphatic imine (C=N–C) groups is 1. The Kier molecular flexibility index (Phi) is 6.15. The molecular formula is C18H24ClIN6O. The number of nitrogens with zero attached hydrogens (tertiary/aromatic N) is 4. The standard InChI is InChI=1S/C18H23ClN6O.HI/c1-20-17(24-6-2-5-18(12-24)7-16(26)22-11-18)21-8-14-10-25-9-13(19)3-4-15(25)23-14;/h3-4,9-10H,2,5-8,11-12H2,1H3,(H,20,21)(H,22,26);1H. The van der Waals surface area contributed by atoms with E-state index >= 15 is 0 Å². The first-order chi connectivity index (χ1) is 12.6. The SMILES string of the molecule is CN=C(NCc1cn2cc(Cl)ccc2n1)N1CCCC2(CNC(=O)C2)C1.I. The predicted octanol–water partition coefficient (Wildman–Crippen LogP) is 2.28. The van der Waals surface area contributed by atoms with Gasteiger partial charge in [0.1, 0.15) is 5.65 Å². The lowest BCUT2D eigenvalue weighted by Crippen LogP contribution is -2.51. The fraction of sp³-hybridized carbons (Fsp3) is 0.500. The number of guanidine groups is 1. The summed E-state index contributed by atoms with van der Waals surface area (Å²) in [5.41, 5.74) is 1.85. The maximum Gasteiger partial charge on any atom is 0.220 e. The van der Waals surface area contributed by atoms with Gasteiger partial charge in [0, 0.05) is 50.9 Å². The predicted molar refractivity (Wildman–Crippen MR) is 117 cm³/mol. The normalized spacial score (nSPS) is 22.8. The van der Waals surface area contributed by atoms with E-state index in [9.17, 15) is 4.79 Å². The van der Waals surface area contributed by atoms with Crippen LogP contribution in [0.5, 0.6) is 0 Å². The number of pyridine rings is 1. The summed E-state index contributed by atoms with van der Waals surface area (Å²) in [5, 5.41) is 7.08. The van der Waals surface area contributed by atoms with Crippen molar-refractivity contribution in [2.24, 2.45) is 10.4 Å². The maximum atomic E-state index is 11.7. The van der Waals surface area contributed by atoms with E-state index in [2.05, 4.69) is 25.5 Å². The molecule has 1 amide bonds. The van der Waals surface area contributed by atoms with Gasteiger partial charge in [0.05, 0.1) is 17.3 Å². The van der Waals surface area contributed by atoms with Gasteiger partial charge in [-0.1, -0.05) is 11.6 Å². The molecule has 0 radical (unpaired) electrons. The molecule has 1 atom stereocenters. The lowest BCUT2D eigenvalue weighted by Gasteiger charge is -2.40. The van der Waals surface area contributed by atoms with Crippen LogP contribution in [0.1, 0.15) is 25.0 Å². The second kappa shape index (κ2) is 8.22. The van der Waals surface area contributed by atoms with Crippen LogP contribution in [0.3, 0.4) is 0 Å². The molecule has 2 N–H and O–H groups in total. The molecule has 2 saturated heterocycles. The zero-order chi connectivity index (χ0) is 18.1. The quantitative estimate of drug-likeness (QED) is 0.375. The molecular weight excluding hydrogens is 479 g/mol. The molecule has 9 heteroatoms. The maximum absolute atomic E-state index is 11.7. The number of halogens is 2. The minimum Gasteiger partial charge on any atom is -0.355 e. The Hall–Kier alpha value is -1.55. The third-order valence-corrected chi connectivity index (χ3v) is 5.48. The van der Waals surface area contributed by atoms with Crippen LogP contribution in [-0.4, -0.2) is 52.8 Å². The molecule has 2 aromatic heterocycles. The van der Waals surface area contributed by atoms with E-state index in [-0.39, 0.29) is 35.3 Å². The Morgan fingerprint density at radius 1 is 1.44 bits per heavy atom. The van der Waals surface area contributed by atoms with Gasteiger partial charge in [-0.25, -0.2) is 4.98 Å². The number of rotatable bonds is 2. The van der Waals surface area contributed by atoms with Gasteiger partial charge in [0.25, 0.3) is 0 Å². The van der Waals surface area contributed by atoms with E-state index in [1.807, 2.05) is 28.9 Å². The zero-order valence-corrected chi connectivity index (χ0v) is 18.3. The fourth-order valence-electron chi connectivity index (χ4n) is 4.03. The summed E-state index contributed by atoms with van der Waals surface area (Å²) < 4.78 is 1.92. The van der Waals surface area contributed by atoms with E-state index in [0.717, 1.165) is 49.8 Å². The number of amides is 1. The van der Waals surface area contributed by atoms with Crippen LogP contribution in [0.2, 0.25) is 5.02 Å². The highest BCUT2D eigenvalue weighted by Crippen LogP contribution is 2.35. The second-order valence-corrected chi connectivity index (χ2v) is 7.66. The fourth-order valence-corrected chi connectivity index (χ4v) is 4.20. The van der Waals surface area contributed by atoms with Gasteiger partial charge >= 0.3 is 0 Å². The van der Waals surface area contributed by atoms with Crippen molar-refractivity contribution in [3.8, 4) is 0 Å². The Morgan fingerprint density at radius 3 is 3.04 bits per heavy atom. The number of piperidine rings is 1. The van der Waals surface area contributed by atoms with Gasteiger partial charge < -0.3 is 19.9 Å². The summed E-state index contributed by atoms with van der Waals surface area (Å²) in [6.45, 7) is 3.17. The number of carbonyl (C=O) groups excluding carboxylic acids is 1. The molecule has 4 heterocycles. The van der Waals surface area contributed by atoms with Crippen molar-refractivity contribution in [1.29, 1.82) is 0 Å². The monoisotopic (exact) mass is 502 g/mol. The Morgan fingerprint density at radius 2 is 2.30 bits per heavy atom. The van der Waals surface area contributed by atoms with E-state index in [4.69, 9.17) is 11.6 Å². The van der Waals surface area contributed by atoms with Crippen molar-refractivity contribution < 1.29 is 4.79 Å². The largest absolute Gasteiger partial charge is 0.355 e. The molecule has 0 saturated carbocycles. The lowest BCUT2D eigenvalue weighted by atomic mass is 9.79. The Labute approximate surface area is 180 Å². The van der Waals surface area contributed by atoms with Gasteiger partial charge in [0.2, 0.25) is 5.91 Å². The van der Waals surface area contributed by atoms with Crippen molar-refractivity contribution >= 4 is 53.1 Å². The average Bonchev–Trinajstić information content (AvgIpc) is 3.18. The minimum atomic E-state index is 0. The molecule has 1 unspecified atom stereocenters. The molecule has 2 fully saturated rings. The third-order valence-electron chi connectivity index (χ3n) is 5.26. The van der Waals surface area contributed by atoms with E-state index in [1.54, 1.807) is 7.05 Å². The van der Waals surface area contributed by atoms with Gasteiger partial charge in [-0.3, -0.25) is 9.79 Å². The van der Waals surface area contributed by atoms with Gasteiger partial charge in [0.15, 0.2) is 5.96 Å². The number of likely N-dealkylation sites (tertiary alicyclic amines) is 1. The average molecular weight is 503 g/mol. The molecule has 146 valence electrons. The topological polar surface area (TPSA) is 74.0 Å². The molecule has 0 bridgehead atoms. The summed E-state index contributed by atoms with van der Waals surface area (Å²) >= 11 is 6.03. The number of imidazole rings is 1. The van der Waals surface area contributed by atoms with Crippen molar-refractivity contribution in [3.63, 3.8) is 0 Å². The van der Waals surface area contributed by atoms with Crippen LogP contribution in [-0.2, 0) is 11.3 Å². The highest BCUT2D eigenvalue weighted by molar-refractivity contribution is 14.0. The van der Waals surface area contributed by atoms with E-state index in [1.165, 1.54) is 0 Å². The van der Waals surface area contributed by atoms with Crippen LogP contribution in [0.15, 0.2) is 29.5 Å². The number of carbonyl (C=O) groups is 1. The smallest absolute Gasteiger partial charge is 0.220 e. The molecule has 2 aliphatic heterocycles. The summed E-state index contributed by atoms with van der Waals surface area (Å²) in [6, 6.07) is 3.74. The van der Waals surface area contributed by atoms with E-state index in [0.29, 0.717) is 18.0 Å². The molecule has 2 aliphatic rings. The number of hydrogen-bond donors (Lipinski definition) is 2. The van der Waals surface area contributed by atoms with Crippen LogP contribution in [0.4, 0.5) is 0 Å².